The Morgan fingerprint density at radius 1 is 1.00 bits per heavy atom. The zero-order valence-electron chi connectivity index (χ0n) is 15.6. The number of halogens is 1. The molecule has 5 nitrogen and oxygen atoms in total. The molecule has 1 amide bonds. The SMILES string of the molecule is O=C(NC1CCCCC1)[C@@H](Cc1ccccc1)NS(=O)(=O)c1ccc(Cl)cc1. The third kappa shape index (κ3) is 5.80. The predicted octanol–water partition coefficient (Wildman–Crippen LogP) is 3.68. The second kappa shape index (κ2) is 9.54. The Bertz CT molecular complexity index is 880. The number of hydrogen-bond acceptors (Lipinski definition) is 3. The van der Waals surface area contributed by atoms with Crippen LogP contribution in [0.3, 0.4) is 0 Å². The topological polar surface area (TPSA) is 75.3 Å². The molecular weight excluding hydrogens is 396 g/mol. The van der Waals surface area contributed by atoms with Gasteiger partial charge in [-0.1, -0.05) is 61.2 Å². The fraction of sp³-hybridized carbons (Fsp3) is 0.381. The van der Waals surface area contributed by atoms with E-state index in [0.717, 1.165) is 31.2 Å². The fourth-order valence-corrected chi connectivity index (χ4v) is 4.78. The Labute approximate surface area is 171 Å². The van der Waals surface area contributed by atoms with Gasteiger partial charge in [-0.25, -0.2) is 8.42 Å². The van der Waals surface area contributed by atoms with Crippen LogP contribution in [0.5, 0.6) is 0 Å². The molecule has 1 aliphatic rings. The molecule has 0 heterocycles. The van der Waals surface area contributed by atoms with Crippen LogP contribution in [0.4, 0.5) is 0 Å². The molecule has 28 heavy (non-hydrogen) atoms. The molecule has 0 aliphatic heterocycles. The third-order valence-corrected chi connectivity index (χ3v) is 6.71. The largest absolute Gasteiger partial charge is 0.352 e. The molecular formula is C21H25ClN2O3S. The summed E-state index contributed by atoms with van der Waals surface area (Å²) in [5, 5.41) is 3.49. The van der Waals surface area contributed by atoms with Crippen LogP contribution in [0.1, 0.15) is 37.7 Å². The molecule has 7 heteroatoms. The van der Waals surface area contributed by atoms with E-state index in [1.165, 1.54) is 30.7 Å². The lowest BCUT2D eigenvalue weighted by molar-refractivity contribution is -0.123. The Morgan fingerprint density at radius 2 is 1.64 bits per heavy atom. The van der Waals surface area contributed by atoms with E-state index in [1.54, 1.807) is 0 Å². The van der Waals surface area contributed by atoms with Crippen molar-refractivity contribution in [1.82, 2.24) is 10.0 Å². The second-order valence-corrected chi connectivity index (χ2v) is 9.31. The van der Waals surface area contributed by atoms with Crippen molar-refractivity contribution in [3.63, 3.8) is 0 Å². The molecule has 0 bridgehead atoms. The number of nitrogens with one attached hydrogen (secondary N) is 2. The van der Waals surface area contributed by atoms with E-state index < -0.39 is 16.1 Å². The summed E-state index contributed by atoms with van der Waals surface area (Å²) in [6.07, 6.45) is 5.52. The van der Waals surface area contributed by atoms with Crippen molar-refractivity contribution < 1.29 is 13.2 Å². The maximum absolute atomic E-state index is 12.9. The van der Waals surface area contributed by atoms with Crippen molar-refractivity contribution >= 4 is 27.5 Å². The number of sulfonamides is 1. The molecule has 3 rings (SSSR count). The van der Waals surface area contributed by atoms with Gasteiger partial charge in [-0.2, -0.15) is 4.72 Å². The van der Waals surface area contributed by atoms with E-state index in [4.69, 9.17) is 11.6 Å². The quantitative estimate of drug-likeness (QED) is 0.717. The minimum Gasteiger partial charge on any atom is -0.352 e. The zero-order valence-corrected chi connectivity index (χ0v) is 17.2. The molecule has 2 aromatic rings. The molecule has 1 atom stereocenters. The van der Waals surface area contributed by atoms with Crippen molar-refractivity contribution in [2.24, 2.45) is 0 Å². The molecule has 0 unspecified atom stereocenters. The summed E-state index contributed by atoms with van der Waals surface area (Å²) in [7, 11) is -3.85. The highest BCUT2D eigenvalue weighted by Gasteiger charge is 2.28. The number of benzene rings is 2. The monoisotopic (exact) mass is 420 g/mol. The number of carbonyl (C=O) groups is 1. The standard InChI is InChI=1S/C21H25ClN2O3S/c22-17-11-13-19(14-12-17)28(26,27)24-20(15-16-7-3-1-4-8-16)21(25)23-18-9-5-2-6-10-18/h1,3-4,7-8,11-14,18,20,24H,2,5-6,9-10,15H2,(H,23,25)/t20-/m1/s1. The van der Waals surface area contributed by atoms with Gasteiger partial charge >= 0.3 is 0 Å². The first-order valence-electron chi connectivity index (χ1n) is 9.56. The maximum Gasteiger partial charge on any atom is 0.241 e. The number of amides is 1. The van der Waals surface area contributed by atoms with Crippen LogP contribution in [0.25, 0.3) is 0 Å². The van der Waals surface area contributed by atoms with Crippen molar-refractivity contribution in [3.8, 4) is 0 Å². The smallest absolute Gasteiger partial charge is 0.241 e. The molecule has 0 aromatic heterocycles. The number of carbonyl (C=O) groups excluding carboxylic acids is 1. The minimum absolute atomic E-state index is 0.0837. The first-order chi connectivity index (χ1) is 13.4. The van der Waals surface area contributed by atoms with Crippen molar-refractivity contribution in [2.45, 2.75) is 55.5 Å². The lowest BCUT2D eigenvalue weighted by Gasteiger charge is -2.26. The normalized spacial score (nSPS) is 16.5. The molecule has 2 N–H and O–H groups in total. The van der Waals surface area contributed by atoms with E-state index in [2.05, 4.69) is 10.0 Å². The average Bonchev–Trinajstić information content (AvgIpc) is 2.69. The molecule has 2 aromatic carbocycles. The van der Waals surface area contributed by atoms with Crippen molar-refractivity contribution in [3.05, 3.63) is 65.2 Å². The molecule has 0 spiro atoms. The first kappa shape index (κ1) is 20.8. The lowest BCUT2D eigenvalue weighted by atomic mass is 9.95. The summed E-state index contributed by atoms with van der Waals surface area (Å²) in [4.78, 5) is 13.0. The first-order valence-corrected chi connectivity index (χ1v) is 11.4. The fourth-order valence-electron chi connectivity index (χ4n) is 3.46. The molecule has 1 aliphatic carbocycles. The van der Waals surface area contributed by atoms with Crippen LogP contribution >= 0.6 is 11.6 Å². The molecule has 150 valence electrons. The zero-order chi connectivity index (χ0) is 20.0. The van der Waals surface area contributed by atoms with Gasteiger partial charge in [0.25, 0.3) is 0 Å². The van der Waals surface area contributed by atoms with Crippen LogP contribution in [0.2, 0.25) is 5.02 Å². The van der Waals surface area contributed by atoms with Crippen molar-refractivity contribution in [1.29, 1.82) is 0 Å². The summed E-state index contributed by atoms with van der Waals surface area (Å²) in [6, 6.07) is 14.5. The number of hydrogen-bond donors (Lipinski definition) is 2. The average molecular weight is 421 g/mol. The van der Waals surface area contributed by atoms with Crippen LogP contribution in [0, 0.1) is 0 Å². The van der Waals surface area contributed by atoms with Gasteiger partial charge in [-0.15, -0.1) is 0 Å². The van der Waals surface area contributed by atoms with E-state index in [1.807, 2.05) is 30.3 Å². The summed E-state index contributed by atoms with van der Waals surface area (Å²) in [6.45, 7) is 0. The molecule has 1 saturated carbocycles. The highest BCUT2D eigenvalue weighted by atomic mass is 35.5. The Hall–Kier alpha value is -1.89. The lowest BCUT2D eigenvalue weighted by Crippen LogP contribution is -2.50. The predicted molar refractivity (Wildman–Crippen MR) is 111 cm³/mol. The van der Waals surface area contributed by atoms with Gasteiger partial charge in [0.15, 0.2) is 0 Å². The summed E-state index contributed by atoms with van der Waals surface area (Å²) in [5.74, 6) is -0.284. The highest BCUT2D eigenvalue weighted by Crippen LogP contribution is 2.19. The number of rotatable bonds is 7. The van der Waals surface area contributed by atoms with Gasteiger partial charge in [0.1, 0.15) is 6.04 Å². The third-order valence-electron chi connectivity index (χ3n) is 4.97. The van der Waals surface area contributed by atoms with Gasteiger partial charge in [0, 0.05) is 11.1 Å². The second-order valence-electron chi connectivity index (χ2n) is 7.16. The van der Waals surface area contributed by atoms with E-state index in [-0.39, 0.29) is 23.3 Å². The van der Waals surface area contributed by atoms with Crippen LogP contribution < -0.4 is 10.0 Å². The van der Waals surface area contributed by atoms with Crippen LogP contribution in [-0.2, 0) is 21.2 Å². The van der Waals surface area contributed by atoms with Crippen molar-refractivity contribution in [2.75, 3.05) is 0 Å². The Kier molecular flexibility index (Phi) is 7.10. The van der Waals surface area contributed by atoms with Gasteiger partial charge in [-0.05, 0) is 49.1 Å². The Balaban J connectivity index is 1.78. The van der Waals surface area contributed by atoms with Crippen LogP contribution in [0.15, 0.2) is 59.5 Å². The highest BCUT2D eigenvalue weighted by molar-refractivity contribution is 7.89. The minimum atomic E-state index is -3.85. The van der Waals surface area contributed by atoms with Gasteiger partial charge in [-0.3, -0.25) is 4.79 Å². The van der Waals surface area contributed by atoms with E-state index >= 15 is 0 Å². The summed E-state index contributed by atoms with van der Waals surface area (Å²) >= 11 is 5.85. The van der Waals surface area contributed by atoms with Gasteiger partial charge in [0.05, 0.1) is 4.90 Å². The van der Waals surface area contributed by atoms with E-state index in [0.29, 0.717) is 5.02 Å². The molecule has 1 fully saturated rings. The Morgan fingerprint density at radius 3 is 2.29 bits per heavy atom. The molecule has 0 radical (unpaired) electrons. The molecule has 0 saturated heterocycles. The summed E-state index contributed by atoms with van der Waals surface area (Å²) < 4.78 is 28.2. The van der Waals surface area contributed by atoms with E-state index in [9.17, 15) is 13.2 Å². The van der Waals surface area contributed by atoms with Crippen LogP contribution in [-0.4, -0.2) is 26.4 Å². The maximum atomic E-state index is 12.9. The summed E-state index contributed by atoms with van der Waals surface area (Å²) in [5.41, 5.74) is 0.894. The van der Waals surface area contributed by atoms with Gasteiger partial charge in [0.2, 0.25) is 15.9 Å². The van der Waals surface area contributed by atoms with Gasteiger partial charge < -0.3 is 5.32 Å².